The first-order valence-electron chi connectivity index (χ1n) is 10.9. The quantitative estimate of drug-likeness (QED) is 0.136. The highest BCUT2D eigenvalue weighted by molar-refractivity contribution is 8.00. The van der Waals surface area contributed by atoms with Gasteiger partial charge < -0.3 is 34.8 Å². The van der Waals surface area contributed by atoms with Crippen molar-refractivity contribution >= 4 is 57.9 Å². The molecule has 3 N–H and O–H groups in total. The topological polar surface area (TPSA) is 181 Å². The minimum absolute atomic E-state index is 0.0353. The number of esters is 1. The van der Waals surface area contributed by atoms with Crippen molar-refractivity contribution in [2.45, 2.75) is 44.6 Å². The van der Waals surface area contributed by atoms with Crippen LogP contribution < -0.4 is 11.1 Å². The highest BCUT2D eigenvalue weighted by atomic mass is 32.2. The van der Waals surface area contributed by atoms with Gasteiger partial charge in [-0.2, -0.15) is 0 Å². The summed E-state index contributed by atoms with van der Waals surface area (Å²) < 4.78 is 20.2. The normalized spacial score (nSPS) is 20.1. The number of aromatic nitrogens is 1. The number of methoxy groups -OCH3 is 1. The molecule has 2 unspecified atom stereocenters. The first kappa shape index (κ1) is 28.2. The number of thioether (sulfide) groups is 1. The van der Waals surface area contributed by atoms with Gasteiger partial charge in [0.25, 0.3) is 11.8 Å². The van der Waals surface area contributed by atoms with E-state index in [0.29, 0.717) is 11.3 Å². The predicted octanol–water partition coefficient (Wildman–Crippen LogP) is 0.827. The molecule has 16 heteroatoms. The molecule has 1 fully saturated rings. The molecule has 14 nitrogen and oxygen atoms in total. The molecule has 3 atom stereocenters. The lowest BCUT2D eigenvalue weighted by Crippen LogP contribution is -2.71. The molecule has 1 aromatic rings. The number of nitrogens with one attached hydrogen (secondary N) is 1. The van der Waals surface area contributed by atoms with E-state index in [4.69, 9.17) is 29.5 Å². The number of nitrogens with zero attached hydrogens (tertiary/aromatic N) is 3. The number of anilines is 1. The molecule has 3 rings (SSSR count). The number of thiazole rings is 1. The third-order valence-corrected chi connectivity index (χ3v) is 6.89. The van der Waals surface area contributed by atoms with Gasteiger partial charge in [0.2, 0.25) is 6.29 Å². The van der Waals surface area contributed by atoms with Crippen molar-refractivity contribution in [1.82, 2.24) is 15.2 Å². The molecule has 2 aliphatic rings. The molecule has 1 aromatic heterocycles. The van der Waals surface area contributed by atoms with E-state index in [1.165, 1.54) is 43.2 Å². The molecule has 3 heterocycles. The first-order valence-corrected chi connectivity index (χ1v) is 12.9. The second-order valence-electron chi connectivity index (χ2n) is 7.95. The fraction of sp³-hybridized carbons (Fsp3) is 0.524. The van der Waals surface area contributed by atoms with Crippen LogP contribution in [0.4, 0.5) is 9.93 Å². The summed E-state index contributed by atoms with van der Waals surface area (Å²) in [7, 11) is 2.71. The maximum Gasteiger partial charge on any atom is 0.511 e. The zero-order valence-electron chi connectivity index (χ0n) is 20.7. The summed E-state index contributed by atoms with van der Waals surface area (Å²) in [5, 5.41) is 7.49. The van der Waals surface area contributed by atoms with Crippen molar-refractivity contribution in [3.05, 3.63) is 22.3 Å². The number of carbonyl (C=O) groups excluding carboxylic acids is 4. The Bertz CT molecular complexity index is 1120. The van der Waals surface area contributed by atoms with Crippen molar-refractivity contribution in [2.75, 3.05) is 32.3 Å². The summed E-state index contributed by atoms with van der Waals surface area (Å²) in [5.41, 5.74) is 6.15. The monoisotopic (exact) mass is 557 g/mol. The summed E-state index contributed by atoms with van der Waals surface area (Å²) in [6.07, 6.45) is -2.71. The summed E-state index contributed by atoms with van der Waals surface area (Å²) >= 11 is 2.45. The highest BCUT2D eigenvalue weighted by Crippen LogP contribution is 2.41. The van der Waals surface area contributed by atoms with Crippen molar-refractivity contribution < 1.29 is 43.0 Å². The lowest BCUT2D eigenvalue weighted by atomic mass is 10.0. The van der Waals surface area contributed by atoms with Gasteiger partial charge in [-0.25, -0.2) is 14.6 Å². The number of carbonyl (C=O) groups is 4. The molecular formula is C21H27N5O9S2. The van der Waals surface area contributed by atoms with Gasteiger partial charge in [0.1, 0.15) is 29.9 Å². The van der Waals surface area contributed by atoms with E-state index in [1.807, 2.05) is 0 Å². The average molecular weight is 558 g/mol. The molecule has 202 valence electrons. The Morgan fingerprint density at radius 1 is 1.24 bits per heavy atom. The molecule has 37 heavy (non-hydrogen) atoms. The number of oxime groups is 1. The molecule has 0 aliphatic carbocycles. The summed E-state index contributed by atoms with van der Waals surface area (Å²) in [4.78, 5) is 60.8. The van der Waals surface area contributed by atoms with Crippen molar-refractivity contribution in [2.24, 2.45) is 5.16 Å². The number of nitrogen functional groups attached to an aromatic ring is 1. The number of ether oxygens (including phenoxy) is 4. The Morgan fingerprint density at radius 2 is 1.97 bits per heavy atom. The smallest absolute Gasteiger partial charge is 0.431 e. The van der Waals surface area contributed by atoms with Crippen molar-refractivity contribution in [3.63, 3.8) is 0 Å². The Labute approximate surface area is 220 Å². The number of hydrogen-bond acceptors (Lipinski definition) is 14. The molecule has 0 saturated carbocycles. The van der Waals surface area contributed by atoms with Crippen LogP contribution in [0.15, 0.2) is 21.8 Å². The average Bonchev–Trinajstić information content (AvgIpc) is 3.25. The van der Waals surface area contributed by atoms with Crippen LogP contribution in [0.1, 0.15) is 26.5 Å². The van der Waals surface area contributed by atoms with Crippen LogP contribution in [0, 0.1) is 0 Å². The highest BCUT2D eigenvalue weighted by Gasteiger charge is 2.55. The third kappa shape index (κ3) is 6.50. The van der Waals surface area contributed by atoms with E-state index < -0.39 is 47.7 Å². The lowest BCUT2D eigenvalue weighted by molar-refractivity contribution is -0.169. The Hall–Kier alpha value is -3.37. The van der Waals surface area contributed by atoms with Gasteiger partial charge in [-0.3, -0.25) is 14.5 Å². The van der Waals surface area contributed by atoms with Gasteiger partial charge in [-0.15, -0.1) is 23.1 Å². The minimum Gasteiger partial charge on any atom is -0.431 e. The second-order valence-corrected chi connectivity index (χ2v) is 9.94. The zero-order valence-corrected chi connectivity index (χ0v) is 22.3. The van der Waals surface area contributed by atoms with Gasteiger partial charge in [0, 0.05) is 25.2 Å². The fourth-order valence-electron chi connectivity index (χ4n) is 3.45. The number of fused-ring (bicyclic) bond motifs is 1. The van der Waals surface area contributed by atoms with Gasteiger partial charge >= 0.3 is 12.1 Å². The van der Waals surface area contributed by atoms with Gasteiger partial charge in [0.15, 0.2) is 10.8 Å². The van der Waals surface area contributed by atoms with Gasteiger partial charge in [-0.05, 0) is 19.4 Å². The van der Waals surface area contributed by atoms with E-state index in [-0.39, 0.29) is 28.8 Å². The Balaban J connectivity index is 1.74. The molecule has 2 aliphatic heterocycles. The predicted molar refractivity (Wildman–Crippen MR) is 132 cm³/mol. The molecule has 1 saturated heterocycles. The maximum atomic E-state index is 13.1. The Kier molecular flexibility index (Phi) is 9.34. The van der Waals surface area contributed by atoms with Crippen LogP contribution >= 0.6 is 23.1 Å². The largest absolute Gasteiger partial charge is 0.511 e. The molecule has 0 spiro atoms. The third-order valence-electron chi connectivity index (χ3n) is 4.88. The van der Waals surface area contributed by atoms with Crippen LogP contribution in [0.3, 0.4) is 0 Å². The van der Waals surface area contributed by atoms with E-state index >= 15 is 0 Å². The standard InChI is InChI=1S/C21H27N5O9S2/c1-9(2)33-21(30)35-10(3)34-19(29)15-11(6-31-4)7-36-18-14(17(28)26(15)18)24-16(27)13(25-32-5)12-8-37-20(22)23-12/h8-10,14,18H,6-7H2,1-5H3,(H2,22,23)(H,24,27)/b25-13+/t10?,14?,18-/m0/s1. The van der Waals surface area contributed by atoms with Gasteiger partial charge in [-0.1, -0.05) is 5.16 Å². The van der Waals surface area contributed by atoms with Crippen LogP contribution in [0.5, 0.6) is 0 Å². The van der Waals surface area contributed by atoms with Crippen molar-refractivity contribution in [3.8, 4) is 0 Å². The van der Waals surface area contributed by atoms with Crippen LogP contribution in [-0.2, 0) is 38.2 Å². The first-order chi connectivity index (χ1) is 17.6. The second kappa shape index (κ2) is 12.2. The fourth-order valence-corrected chi connectivity index (χ4v) is 5.32. The number of amides is 2. The summed E-state index contributed by atoms with van der Waals surface area (Å²) in [6, 6.07) is -0.961. The molecule has 0 aromatic carbocycles. The van der Waals surface area contributed by atoms with Crippen LogP contribution in [0.25, 0.3) is 0 Å². The SMILES string of the molecule is COCC1=C(C(=O)OC(C)OC(=O)OC(C)C)N2C(=O)C(NC(=O)/C(=N/OC)c3csc(N)n3)[C@@H]2SC1. The maximum absolute atomic E-state index is 13.1. The van der Waals surface area contributed by atoms with Crippen LogP contribution in [0.2, 0.25) is 0 Å². The van der Waals surface area contributed by atoms with E-state index in [9.17, 15) is 19.2 Å². The van der Waals surface area contributed by atoms with E-state index in [0.717, 1.165) is 11.3 Å². The van der Waals surface area contributed by atoms with Crippen LogP contribution in [-0.4, -0.2) is 89.9 Å². The zero-order chi connectivity index (χ0) is 27.3. The molecule has 0 bridgehead atoms. The Morgan fingerprint density at radius 3 is 2.57 bits per heavy atom. The molecule has 2 amide bonds. The summed E-state index contributed by atoms with van der Waals surface area (Å²) in [5.74, 6) is -1.81. The van der Waals surface area contributed by atoms with E-state index in [2.05, 4.69) is 15.5 Å². The minimum atomic E-state index is -1.28. The van der Waals surface area contributed by atoms with Crippen molar-refractivity contribution in [1.29, 1.82) is 0 Å². The molecule has 0 radical (unpaired) electrons. The van der Waals surface area contributed by atoms with Gasteiger partial charge in [0.05, 0.1) is 12.7 Å². The lowest BCUT2D eigenvalue weighted by Gasteiger charge is -2.49. The number of rotatable bonds is 10. The number of β-lactam (4-membered cyclic amide) rings is 1. The van der Waals surface area contributed by atoms with E-state index in [1.54, 1.807) is 13.8 Å². The number of hydrogen-bond donors (Lipinski definition) is 2. The number of nitrogens with two attached hydrogens (primary N) is 1. The summed E-state index contributed by atoms with van der Waals surface area (Å²) in [6.45, 7) is 4.68. The molecular weight excluding hydrogens is 530 g/mol.